The van der Waals surface area contributed by atoms with Crippen molar-refractivity contribution in [3.63, 3.8) is 0 Å². The number of halogens is 1. The Labute approximate surface area is 187 Å². The predicted molar refractivity (Wildman–Crippen MR) is 123 cm³/mol. The second-order valence-corrected chi connectivity index (χ2v) is 9.53. The summed E-state index contributed by atoms with van der Waals surface area (Å²) in [5.74, 6) is -0.311. The Morgan fingerprint density at radius 2 is 1.90 bits per heavy atom. The van der Waals surface area contributed by atoms with Gasteiger partial charge < -0.3 is 10.6 Å². The summed E-state index contributed by atoms with van der Waals surface area (Å²) >= 11 is 6.57. The van der Waals surface area contributed by atoms with Crippen LogP contribution in [0, 0.1) is 12.3 Å². The van der Waals surface area contributed by atoms with Gasteiger partial charge in [0.2, 0.25) is 0 Å². The van der Waals surface area contributed by atoms with Crippen molar-refractivity contribution >= 4 is 29.1 Å². The lowest BCUT2D eigenvalue weighted by Gasteiger charge is -2.39. The van der Waals surface area contributed by atoms with Gasteiger partial charge in [0.25, 0.3) is 5.91 Å². The van der Waals surface area contributed by atoms with Gasteiger partial charge in [0.15, 0.2) is 5.78 Å². The van der Waals surface area contributed by atoms with Crippen LogP contribution < -0.4 is 10.6 Å². The molecule has 1 aliphatic carbocycles. The molecule has 31 heavy (non-hydrogen) atoms. The minimum absolute atomic E-state index is 0.0509. The van der Waals surface area contributed by atoms with E-state index < -0.39 is 5.92 Å². The highest BCUT2D eigenvalue weighted by atomic mass is 35.5. The van der Waals surface area contributed by atoms with Crippen LogP contribution in [0.4, 0.5) is 5.82 Å². The largest absolute Gasteiger partial charge is 0.362 e. The number of Topliss-reactive ketones (excluding diaryl/α,β-unsaturated/α-hetero) is 1. The summed E-state index contributed by atoms with van der Waals surface area (Å²) in [5.41, 5.74) is 4.36. The highest BCUT2D eigenvalue weighted by Gasteiger charge is 2.43. The number of carbonyl (C=O) groups is 2. The van der Waals surface area contributed by atoms with Gasteiger partial charge in [0, 0.05) is 46.1 Å². The van der Waals surface area contributed by atoms with Crippen LogP contribution in [0.15, 0.2) is 65.1 Å². The zero-order valence-corrected chi connectivity index (χ0v) is 18.9. The van der Waals surface area contributed by atoms with E-state index in [9.17, 15) is 9.59 Å². The average molecular weight is 436 g/mol. The van der Waals surface area contributed by atoms with Gasteiger partial charge in [-0.3, -0.25) is 9.59 Å². The van der Waals surface area contributed by atoms with Crippen molar-refractivity contribution in [3.05, 3.63) is 81.3 Å². The summed E-state index contributed by atoms with van der Waals surface area (Å²) < 4.78 is 0. The Morgan fingerprint density at radius 1 is 1.16 bits per heavy atom. The SMILES string of the molecule is CC1=C(C(=O)Nc2ccc(C)cn2)[C@@H](c2ccccc2Cl)C2=C(CC(C)(C)CC2=O)N1. The first kappa shape index (κ1) is 21.3. The molecule has 6 heteroatoms. The molecule has 1 atom stereocenters. The topological polar surface area (TPSA) is 71.1 Å². The van der Waals surface area contributed by atoms with Gasteiger partial charge in [-0.1, -0.05) is 49.7 Å². The molecule has 2 aliphatic rings. The number of nitrogens with one attached hydrogen (secondary N) is 2. The van der Waals surface area contributed by atoms with E-state index in [2.05, 4.69) is 29.5 Å². The minimum Gasteiger partial charge on any atom is -0.362 e. The van der Waals surface area contributed by atoms with Crippen LogP contribution >= 0.6 is 11.6 Å². The number of aryl methyl sites for hydroxylation is 1. The zero-order chi connectivity index (χ0) is 22.3. The smallest absolute Gasteiger partial charge is 0.255 e. The molecule has 2 heterocycles. The van der Waals surface area contributed by atoms with E-state index in [0.29, 0.717) is 28.4 Å². The fourth-order valence-corrected chi connectivity index (χ4v) is 4.73. The van der Waals surface area contributed by atoms with Crippen LogP contribution in [0.2, 0.25) is 5.02 Å². The average Bonchev–Trinajstić information content (AvgIpc) is 2.68. The van der Waals surface area contributed by atoms with Crippen molar-refractivity contribution in [1.29, 1.82) is 0 Å². The van der Waals surface area contributed by atoms with E-state index in [1.165, 1.54) is 0 Å². The second kappa shape index (κ2) is 7.97. The summed E-state index contributed by atoms with van der Waals surface area (Å²) in [5, 5.41) is 6.79. The van der Waals surface area contributed by atoms with Gasteiger partial charge >= 0.3 is 0 Å². The molecule has 0 saturated carbocycles. The van der Waals surface area contributed by atoms with Crippen LogP contribution in [-0.4, -0.2) is 16.7 Å². The molecular weight excluding hydrogens is 410 g/mol. The Morgan fingerprint density at radius 3 is 2.58 bits per heavy atom. The van der Waals surface area contributed by atoms with Gasteiger partial charge in [-0.15, -0.1) is 0 Å². The number of nitrogens with zero attached hydrogens (tertiary/aromatic N) is 1. The summed E-state index contributed by atoms with van der Waals surface area (Å²) in [7, 11) is 0. The number of rotatable bonds is 3. The second-order valence-electron chi connectivity index (χ2n) is 9.13. The van der Waals surface area contributed by atoms with Gasteiger partial charge in [0.1, 0.15) is 5.82 Å². The maximum atomic E-state index is 13.4. The summed E-state index contributed by atoms with van der Waals surface area (Å²) in [4.78, 5) is 31.0. The monoisotopic (exact) mass is 435 g/mol. The summed E-state index contributed by atoms with van der Waals surface area (Å²) in [6.45, 7) is 7.99. The van der Waals surface area contributed by atoms with E-state index in [0.717, 1.165) is 28.9 Å². The van der Waals surface area contributed by atoms with Crippen LogP contribution in [0.25, 0.3) is 0 Å². The van der Waals surface area contributed by atoms with Crippen molar-refractivity contribution in [2.45, 2.75) is 46.5 Å². The molecule has 2 N–H and O–H groups in total. The van der Waals surface area contributed by atoms with E-state index in [1.807, 2.05) is 38.1 Å². The fourth-order valence-electron chi connectivity index (χ4n) is 4.48. The molecule has 1 amide bonds. The Balaban J connectivity index is 1.81. The number of pyridine rings is 1. The van der Waals surface area contributed by atoms with Crippen molar-refractivity contribution in [1.82, 2.24) is 10.3 Å². The molecule has 1 aromatic heterocycles. The fraction of sp³-hybridized carbons (Fsp3) is 0.320. The molecule has 2 aromatic rings. The molecule has 1 aliphatic heterocycles. The lowest BCUT2D eigenvalue weighted by atomic mass is 9.68. The first-order chi connectivity index (χ1) is 14.7. The number of benzene rings is 1. The van der Waals surface area contributed by atoms with Crippen molar-refractivity contribution in [3.8, 4) is 0 Å². The third-order valence-electron chi connectivity index (χ3n) is 5.85. The van der Waals surface area contributed by atoms with Gasteiger partial charge in [0.05, 0.1) is 0 Å². The minimum atomic E-state index is -0.529. The molecule has 5 nitrogen and oxygen atoms in total. The first-order valence-electron chi connectivity index (χ1n) is 10.4. The third-order valence-corrected chi connectivity index (χ3v) is 6.20. The van der Waals surface area contributed by atoms with E-state index >= 15 is 0 Å². The number of aromatic nitrogens is 1. The highest BCUT2D eigenvalue weighted by Crippen LogP contribution is 2.47. The molecular formula is C25H26ClN3O2. The lowest BCUT2D eigenvalue weighted by molar-refractivity contribution is -0.118. The summed E-state index contributed by atoms with van der Waals surface area (Å²) in [6.07, 6.45) is 2.87. The number of allylic oxidation sites excluding steroid dienone is 3. The normalized spacial score (nSPS) is 20.3. The van der Waals surface area contributed by atoms with Crippen molar-refractivity contribution in [2.24, 2.45) is 5.41 Å². The number of carbonyl (C=O) groups excluding carboxylic acids is 2. The molecule has 160 valence electrons. The Kier molecular flexibility index (Phi) is 5.48. The standard InChI is InChI=1S/C25H26ClN3O2/c1-14-9-10-20(27-13-14)29-24(31)21-15(2)28-18-11-25(3,4)12-19(30)23(18)22(21)16-7-5-6-8-17(16)26/h5-10,13,22,28H,11-12H2,1-4H3,(H,27,29,31)/t22-/m1/s1. The number of ketones is 1. The van der Waals surface area contributed by atoms with Crippen LogP contribution in [0.3, 0.4) is 0 Å². The molecule has 4 rings (SSSR count). The molecule has 0 bridgehead atoms. The first-order valence-corrected chi connectivity index (χ1v) is 10.8. The van der Waals surface area contributed by atoms with Crippen LogP contribution in [0.5, 0.6) is 0 Å². The molecule has 0 spiro atoms. The molecule has 1 aromatic carbocycles. The molecule has 0 unspecified atom stereocenters. The quantitative estimate of drug-likeness (QED) is 0.687. The van der Waals surface area contributed by atoms with E-state index in [4.69, 9.17) is 11.6 Å². The number of anilines is 1. The van der Waals surface area contributed by atoms with E-state index in [-0.39, 0.29) is 17.1 Å². The van der Waals surface area contributed by atoms with Crippen molar-refractivity contribution < 1.29 is 9.59 Å². The van der Waals surface area contributed by atoms with Gasteiger partial charge in [-0.2, -0.15) is 0 Å². The molecule has 0 radical (unpaired) electrons. The molecule has 0 fully saturated rings. The Hall–Kier alpha value is -2.92. The maximum absolute atomic E-state index is 13.4. The number of hydrogen-bond acceptors (Lipinski definition) is 4. The maximum Gasteiger partial charge on any atom is 0.255 e. The lowest BCUT2D eigenvalue weighted by Crippen LogP contribution is -2.39. The number of hydrogen-bond donors (Lipinski definition) is 2. The van der Waals surface area contributed by atoms with E-state index in [1.54, 1.807) is 18.3 Å². The van der Waals surface area contributed by atoms with Gasteiger partial charge in [-0.05, 0) is 48.9 Å². The zero-order valence-electron chi connectivity index (χ0n) is 18.2. The summed E-state index contributed by atoms with van der Waals surface area (Å²) in [6, 6.07) is 11.1. The van der Waals surface area contributed by atoms with Crippen LogP contribution in [0.1, 0.15) is 50.7 Å². The number of dihydropyridines is 1. The van der Waals surface area contributed by atoms with Crippen molar-refractivity contribution in [2.75, 3.05) is 5.32 Å². The highest BCUT2D eigenvalue weighted by molar-refractivity contribution is 6.31. The molecule has 0 saturated heterocycles. The number of amides is 1. The third kappa shape index (κ3) is 4.15. The van der Waals surface area contributed by atoms with Gasteiger partial charge in [-0.25, -0.2) is 4.98 Å². The van der Waals surface area contributed by atoms with Crippen LogP contribution in [-0.2, 0) is 9.59 Å². The Bertz CT molecular complexity index is 1130. The predicted octanol–water partition coefficient (Wildman–Crippen LogP) is 5.29.